The molecule has 0 heterocycles. The number of hydrogen-bond acceptors (Lipinski definition) is 2. The van der Waals surface area contributed by atoms with Crippen LogP contribution in [0, 0.1) is 0 Å². The van der Waals surface area contributed by atoms with Crippen LogP contribution in [0.5, 0.6) is 0 Å². The molecule has 22 heavy (non-hydrogen) atoms. The maximum atomic E-state index is 12.7. The van der Waals surface area contributed by atoms with Crippen molar-refractivity contribution >= 4 is 23.2 Å². The fourth-order valence-electron chi connectivity index (χ4n) is 2.19. The molecule has 1 N–H and O–H groups in total. The third-order valence-electron chi connectivity index (χ3n) is 3.34. The molecule has 2 amide bonds. The van der Waals surface area contributed by atoms with E-state index >= 15 is 0 Å². The largest absolute Gasteiger partial charge is 0.326 e. The number of para-hydroxylation sites is 1. The Kier molecular flexibility index (Phi) is 5.31. The third-order valence-corrected chi connectivity index (χ3v) is 3.34. The molecule has 0 atom stereocenters. The van der Waals surface area contributed by atoms with E-state index in [1.54, 1.807) is 36.1 Å². The van der Waals surface area contributed by atoms with E-state index in [9.17, 15) is 9.59 Å². The molecule has 0 aliphatic carbocycles. The van der Waals surface area contributed by atoms with E-state index in [2.05, 4.69) is 5.32 Å². The number of carbonyl (C=O) groups excluding carboxylic acids is 2. The molecule has 0 saturated heterocycles. The lowest BCUT2D eigenvalue weighted by atomic mass is 10.1. The number of nitrogens with one attached hydrogen (secondary N) is 1. The zero-order valence-corrected chi connectivity index (χ0v) is 12.9. The van der Waals surface area contributed by atoms with Crippen molar-refractivity contribution in [1.29, 1.82) is 0 Å². The van der Waals surface area contributed by atoms with Crippen LogP contribution in [0.15, 0.2) is 54.6 Å². The predicted octanol–water partition coefficient (Wildman–Crippen LogP) is 3.70. The van der Waals surface area contributed by atoms with E-state index in [0.717, 1.165) is 5.69 Å². The highest BCUT2D eigenvalue weighted by atomic mass is 16.2. The van der Waals surface area contributed by atoms with Gasteiger partial charge in [-0.2, -0.15) is 0 Å². The maximum absolute atomic E-state index is 12.7. The van der Waals surface area contributed by atoms with Crippen molar-refractivity contribution in [1.82, 2.24) is 0 Å². The minimum Gasteiger partial charge on any atom is -0.326 e. The highest BCUT2D eigenvalue weighted by molar-refractivity contribution is 6.07. The lowest BCUT2D eigenvalue weighted by Crippen LogP contribution is -2.30. The molecule has 2 aromatic rings. The summed E-state index contributed by atoms with van der Waals surface area (Å²) in [6, 6.07) is 16.6. The minimum atomic E-state index is -0.0821. The third kappa shape index (κ3) is 3.73. The van der Waals surface area contributed by atoms with Crippen LogP contribution in [0.25, 0.3) is 0 Å². The second kappa shape index (κ2) is 7.41. The van der Waals surface area contributed by atoms with Gasteiger partial charge < -0.3 is 10.2 Å². The number of amides is 2. The lowest BCUT2D eigenvalue weighted by molar-refractivity contribution is -0.115. The molecular formula is C18H20N2O2. The Morgan fingerprint density at radius 2 is 1.73 bits per heavy atom. The van der Waals surface area contributed by atoms with Gasteiger partial charge in [-0.25, -0.2) is 0 Å². The van der Waals surface area contributed by atoms with E-state index in [-0.39, 0.29) is 11.8 Å². The Morgan fingerprint density at radius 3 is 2.36 bits per heavy atom. The second-order valence-electron chi connectivity index (χ2n) is 4.87. The number of carbonyl (C=O) groups is 2. The number of anilines is 2. The zero-order chi connectivity index (χ0) is 15.9. The summed E-state index contributed by atoms with van der Waals surface area (Å²) < 4.78 is 0. The molecule has 0 aromatic heterocycles. The Morgan fingerprint density at radius 1 is 1.00 bits per heavy atom. The smallest absolute Gasteiger partial charge is 0.258 e. The fourth-order valence-corrected chi connectivity index (χ4v) is 2.19. The van der Waals surface area contributed by atoms with Gasteiger partial charge in [0.2, 0.25) is 5.91 Å². The van der Waals surface area contributed by atoms with Crippen molar-refractivity contribution in [2.24, 2.45) is 0 Å². The molecule has 0 saturated carbocycles. The first-order valence-electron chi connectivity index (χ1n) is 7.42. The molecule has 0 aliphatic rings. The molecular weight excluding hydrogens is 276 g/mol. The predicted molar refractivity (Wildman–Crippen MR) is 89.2 cm³/mol. The van der Waals surface area contributed by atoms with Gasteiger partial charge in [-0.3, -0.25) is 9.59 Å². The van der Waals surface area contributed by atoms with Crippen LogP contribution < -0.4 is 10.2 Å². The molecule has 2 aromatic carbocycles. The first kappa shape index (κ1) is 15.8. The van der Waals surface area contributed by atoms with Gasteiger partial charge in [-0.05, 0) is 37.3 Å². The normalized spacial score (nSPS) is 10.1. The van der Waals surface area contributed by atoms with Crippen molar-refractivity contribution in [2.75, 3.05) is 16.8 Å². The molecule has 2 rings (SSSR count). The molecule has 4 nitrogen and oxygen atoms in total. The molecule has 0 fully saturated rings. The van der Waals surface area contributed by atoms with Crippen LogP contribution in [0.4, 0.5) is 11.4 Å². The van der Waals surface area contributed by atoms with E-state index in [0.29, 0.717) is 24.2 Å². The molecule has 0 aliphatic heterocycles. The van der Waals surface area contributed by atoms with Crippen molar-refractivity contribution < 1.29 is 9.59 Å². The van der Waals surface area contributed by atoms with Gasteiger partial charge in [0.15, 0.2) is 0 Å². The maximum Gasteiger partial charge on any atom is 0.258 e. The van der Waals surface area contributed by atoms with Gasteiger partial charge >= 0.3 is 0 Å². The zero-order valence-electron chi connectivity index (χ0n) is 12.9. The van der Waals surface area contributed by atoms with Gasteiger partial charge in [0.05, 0.1) is 0 Å². The molecule has 0 bridgehead atoms. The Balaban J connectivity index is 2.24. The van der Waals surface area contributed by atoms with E-state index in [4.69, 9.17) is 0 Å². The van der Waals surface area contributed by atoms with E-state index in [1.165, 1.54) is 0 Å². The summed E-state index contributed by atoms with van der Waals surface area (Å²) in [5, 5.41) is 2.77. The van der Waals surface area contributed by atoms with Crippen LogP contribution in [0.3, 0.4) is 0 Å². The van der Waals surface area contributed by atoms with Crippen molar-refractivity contribution in [3.05, 3.63) is 60.2 Å². The second-order valence-corrected chi connectivity index (χ2v) is 4.87. The van der Waals surface area contributed by atoms with Crippen LogP contribution in [-0.2, 0) is 4.79 Å². The Bertz CT molecular complexity index is 653. The highest BCUT2D eigenvalue weighted by Crippen LogP contribution is 2.18. The average Bonchev–Trinajstić information content (AvgIpc) is 2.56. The summed E-state index contributed by atoms with van der Waals surface area (Å²) in [6.07, 6.45) is 0.406. The molecule has 114 valence electrons. The number of hydrogen-bond donors (Lipinski definition) is 1. The SMILES string of the molecule is CCC(=O)Nc1cccc(C(=O)N(CC)c2ccccc2)c1. The minimum absolute atomic E-state index is 0.0694. The lowest BCUT2D eigenvalue weighted by Gasteiger charge is -2.21. The first-order valence-corrected chi connectivity index (χ1v) is 7.42. The summed E-state index contributed by atoms with van der Waals surface area (Å²) in [5.74, 6) is -0.152. The van der Waals surface area contributed by atoms with Crippen LogP contribution >= 0.6 is 0 Å². The topological polar surface area (TPSA) is 49.4 Å². The monoisotopic (exact) mass is 296 g/mol. The van der Waals surface area contributed by atoms with Crippen molar-refractivity contribution in [3.8, 4) is 0 Å². The standard InChI is InChI=1S/C18H20N2O2/c1-3-17(21)19-15-10-8-9-14(13-15)18(22)20(4-2)16-11-6-5-7-12-16/h5-13H,3-4H2,1-2H3,(H,19,21). The Hall–Kier alpha value is -2.62. The average molecular weight is 296 g/mol. The van der Waals surface area contributed by atoms with Crippen LogP contribution in [-0.4, -0.2) is 18.4 Å². The van der Waals surface area contributed by atoms with Crippen molar-refractivity contribution in [2.45, 2.75) is 20.3 Å². The van der Waals surface area contributed by atoms with Gasteiger partial charge in [0.25, 0.3) is 5.91 Å². The Labute approximate surface area is 130 Å². The van der Waals surface area contributed by atoms with E-state index in [1.807, 2.05) is 37.3 Å². The van der Waals surface area contributed by atoms with Gasteiger partial charge in [0.1, 0.15) is 0 Å². The summed E-state index contributed by atoms with van der Waals surface area (Å²) in [4.78, 5) is 25.9. The van der Waals surface area contributed by atoms with Gasteiger partial charge in [0, 0.05) is 29.9 Å². The number of nitrogens with zero attached hydrogens (tertiary/aromatic N) is 1. The molecule has 0 radical (unpaired) electrons. The molecule has 0 spiro atoms. The van der Waals surface area contributed by atoms with E-state index < -0.39 is 0 Å². The highest BCUT2D eigenvalue weighted by Gasteiger charge is 2.16. The van der Waals surface area contributed by atoms with Gasteiger partial charge in [-0.15, -0.1) is 0 Å². The summed E-state index contributed by atoms with van der Waals surface area (Å²) in [6.45, 7) is 4.31. The van der Waals surface area contributed by atoms with Crippen LogP contribution in [0.1, 0.15) is 30.6 Å². The number of benzene rings is 2. The summed E-state index contributed by atoms with van der Waals surface area (Å²) >= 11 is 0. The first-order chi connectivity index (χ1) is 10.7. The summed E-state index contributed by atoms with van der Waals surface area (Å²) in [7, 11) is 0. The number of rotatable bonds is 5. The van der Waals surface area contributed by atoms with Gasteiger partial charge in [-0.1, -0.05) is 31.2 Å². The molecule has 4 heteroatoms. The quantitative estimate of drug-likeness (QED) is 0.914. The van der Waals surface area contributed by atoms with Crippen LogP contribution in [0.2, 0.25) is 0 Å². The summed E-state index contributed by atoms with van der Waals surface area (Å²) in [5.41, 5.74) is 2.06. The van der Waals surface area contributed by atoms with Crippen molar-refractivity contribution in [3.63, 3.8) is 0 Å². The fraction of sp³-hybridized carbons (Fsp3) is 0.222. The molecule has 0 unspecified atom stereocenters.